The Labute approximate surface area is 84.5 Å². The van der Waals surface area contributed by atoms with Crippen molar-refractivity contribution >= 4 is 5.97 Å². The van der Waals surface area contributed by atoms with Gasteiger partial charge in [-0.3, -0.25) is 9.69 Å². The molecule has 0 aromatic heterocycles. The van der Waals surface area contributed by atoms with Gasteiger partial charge >= 0.3 is 5.97 Å². The summed E-state index contributed by atoms with van der Waals surface area (Å²) in [6.07, 6.45) is 2.24. The quantitative estimate of drug-likeness (QED) is 0.464. The number of aliphatic hydroxyl groups excluding tert-OH is 1. The number of likely N-dealkylation sites (N-methyl/N-ethyl adjacent to an activating group) is 1. The van der Waals surface area contributed by atoms with E-state index in [0.717, 1.165) is 12.8 Å². The molecule has 0 radical (unpaired) electrons. The van der Waals surface area contributed by atoms with Crippen molar-refractivity contribution in [2.75, 3.05) is 26.7 Å². The Kier molecular flexibility index (Phi) is 7.37. The number of carboxylic acids is 1. The van der Waals surface area contributed by atoms with E-state index in [9.17, 15) is 4.79 Å². The SMILES string of the molecule is CN(CCO)[C@@H](CCCCN)C(=O)O. The zero-order valence-corrected chi connectivity index (χ0v) is 8.65. The van der Waals surface area contributed by atoms with Gasteiger partial charge < -0.3 is 15.9 Å². The molecule has 0 aliphatic carbocycles. The fourth-order valence-corrected chi connectivity index (χ4v) is 1.33. The van der Waals surface area contributed by atoms with Crippen molar-refractivity contribution in [1.82, 2.24) is 4.90 Å². The van der Waals surface area contributed by atoms with Gasteiger partial charge in [-0.05, 0) is 26.4 Å². The lowest BCUT2D eigenvalue weighted by atomic mass is 10.1. The van der Waals surface area contributed by atoms with Crippen LogP contribution in [-0.4, -0.2) is 53.9 Å². The van der Waals surface area contributed by atoms with Gasteiger partial charge in [-0.1, -0.05) is 6.42 Å². The summed E-state index contributed by atoms with van der Waals surface area (Å²) >= 11 is 0. The van der Waals surface area contributed by atoms with Gasteiger partial charge in [0.05, 0.1) is 6.61 Å². The van der Waals surface area contributed by atoms with Crippen molar-refractivity contribution < 1.29 is 15.0 Å². The first-order chi connectivity index (χ1) is 6.63. The molecule has 84 valence electrons. The summed E-state index contributed by atoms with van der Waals surface area (Å²) < 4.78 is 0. The van der Waals surface area contributed by atoms with Crippen LogP contribution in [0.5, 0.6) is 0 Å². The predicted octanol–water partition coefficient (Wildman–Crippen LogP) is -0.507. The van der Waals surface area contributed by atoms with Crippen LogP contribution in [0.2, 0.25) is 0 Å². The third kappa shape index (κ3) is 5.16. The number of rotatable bonds is 8. The molecule has 0 amide bonds. The van der Waals surface area contributed by atoms with Gasteiger partial charge in [-0.25, -0.2) is 0 Å². The highest BCUT2D eigenvalue weighted by atomic mass is 16.4. The van der Waals surface area contributed by atoms with E-state index < -0.39 is 12.0 Å². The van der Waals surface area contributed by atoms with Crippen LogP contribution in [0.3, 0.4) is 0 Å². The van der Waals surface area contributed by atoms with Crippen molar-refractivity contribution in [3.63, 3.8) is 0 Å². The topological polar surface area (TPSA) is 86.8 Å². The first kappa shape index (κ1) is 13.4. The molecule has 0 aliphatic heterocycles. The summed E-state index contributed by atoms with van der Waals surface area (Å²) in [6, 6.07) is -0.506. The molecule has 0 aromatic carbocycles. The predicted molar refractivity (Wildman–Crippen MR) is 54.0 cm³/mol. The van der Waals surface area contributed by atoms with Gasteiger partial charge in [0.15, 0.2) is 0 Å². The molecule has 5 heteroatoms. The number of hydrogen-bond donors (Lipinski definition) is 3. The third-order valence-electron chi connectivity index (χ3n) is 2.20. The van der Waals surface area contributed by atoms with Gasteiger partial charge in [-0.15, -0.1) is 0 Å². The smallest absolute Gasteiger partial charge is 0.320 e. The van der Waals surface area contributed by atoms with Crippen molar-refractivity contribution in [3.8, 4) is 0 Å². The monoisotopic (exact) mass is 204 g/mol. The molecule has 0 aliphatic rings. The summed E-state index contributed by atoms with van der Waals surface area (Å²) in [6.45, 7) is 0.965. The van der Waals surface area contributed by atoms with E-state index in [-0.39, 0.29) is 6.61 Å². The van der Waals surface area contributed by atoms with E-state index in [0.29, 0.717) is 19.5 Å². The normalized spacial score (nSPS) is 13.1. The van der Waals surface area contributed by atoms with E-state index in [1.165, 1.54) is 0 Å². The number of unbranched alkanes of at least 4 members (excludes halogenated alkanes) is 1. The highest BCUT2D eigenvalue weighted by Crippen LogP contribution is 2.06. The number of hydrogen-bond acceptors (Lipinski definition) is 4. The fourth-order valence-electron chi connectivity index (χ4n) is 1.33. The van der Waals surface area contributed by atoms with Crippen molar-refractivity contribution in [2.24, 2.45) is 5.73 Å². The second-order valence-corrected chi connectivity index (χ2v) is 3.34. The average molecular weight is 204 g/mol. The second-order valence-electron chi connectivity index (χ2n) is 3.34. The van der Waals surface area contributed by atoms with Crippen LogP contribution in [-0.2, 0) is 4.79 Å². The maximum Gasteiger partial charge on any atom is 0.320 e. The minimum absolute atomic E-state index is 0.0167. The lowest BCUT2D eigenvalue weighted by molar-refractivity contribution is -0.143. The molecular formula is C9H20N2O3. The number of nitrogens with two attached hydrogens (primary N) is 1. The first-order valence-corrected chi connectivity index (χ1v) is 4.87. The van der Waals surface area contributed by atoms with E-state index in [2.05, 4.69) is 0 Å². The molecular weight excluding hydrogens is 184 g/mol. The van der Waals surface area contributed by atoms with Crippen LogP contribution in [0.1, 0.15) is 19.3 Å². The number of aliphatic carboxylic acids is 1. The average Bonchev–Trinajstić information content (AvgIpc) is 2.12. The van der Waals surface area contributed by atoms with Crippen molar-refractivity contribution in [3.05, 3.63) is 0 Å². The van der Waals surface area contributed by atoms with Crippen LogP contribution >= 0.6 is 0 Å². The molecule has 0 aromatic rings. The van der Waals surface area contributed by atoms with E-state index in [1.54, 1.807) is 11.9 Å². The molecule has 0 saturated carbocycles. The summed E-state index contributed by atoms with van der Waals surface area (Å²) in [5, 5.41) is 17.6. The molecule has 5 nitrogen and oxygen atoms in total. The lowest BCUT2D eigenvalue weighted by Crippen LogP contribution is -2.40. The third-order valence-corrected chi connectivity index (χ3v) is 2.20. The van der Waals surface area contributed by atoms with Gasteiger partial charge in [-0.2, -0.15) is 0 Å². The molecule has 0 saturated heterocycles. The maximum absolute atomic E-state index is 10.9. The van der Waals surface area contributed by atoms with Crippen molar-refractivity contribution in [1.29, 1.82) is 0 Å². The zero-order chi connectivity index (χ0) is 11.0. The first-order valence-electron chi connectivity index (χ1n) is 4.87. The minimum Gasteiger partial charge on any atom is -0.480 e. The van der Waals surface area contributed by atoms with Crippen LogP contribution in [0, 0.1) is 0 Å². The Balaban J connectivity index is 3.94. The van der Waals surface area contributed by atoms with Crippen molar-refractivity contribution in [2.45, 2.75) is 25.3 Å². The molecule has 1 atom stereocenters. The highest BCUT2D eigenvalue weighted by molar-refractivity contribution is 5.73. The van der Waals surface area contributed by atoms with Gasteiger partial charge in [0.25, 0.3) is 0 Å². The van der Waals surface area contributed by atoms with Crippen LogP contribution in [0.4, 0.5) is 0 Å². The second kappa shape index (κ2) is 7.73. The summed E-state index contributed by atoms with van der Waals surface area (Å²) in [5.74, 6) is -0.835. The van der Waals surface area contributed by atoms with Crippen LogP contribution in [0.15, 0.2) is 0 Å². The molecule has 14 heavy (non-hydrogen) atoms. The zero-order valence-electron chi connectivity index (χ0n) is 8.65. The number of carboxylic acid groups (broad SMARTS) is 1. The van der Waals surface area contributed by atoms with E-state index >= 15 is 0 Å². The van der Waals surface area contributed by atoms with Gasteiger partial charge in [0, 0.05) is 6.54 Å². The Morgan fingerprint density at radius 3 is 2.57 bits per heavy atom. The largest absolute Gasteiger partial charge is 0.480 e. The van der Waals surface area contributed by atoms with Gasteiger partial charge in [0.2, 0.25) is 0 Å². The Morgan fingerprint density at radius 2 is 2.14 bits per heavy atom. The molecule has 0 heterocycles. The molecule has 0 fully saturated rings. The number of carbonyl (C=O) groups is 1. The minimum atomic E-state index is -0.835. The lowest BCUT2D eigenvalue weighted by Gasteiger charge is -2.23. The molecule has 0 unspecified atom stereocenters. The number of nitrogens with zero attached hydrogens (tertiary/aromatic N) is 1. The molecule has 0 spiro atoms. The Morgan fingerprint density at radius 1 is 1.50 bits per heavy atom. The molecule has 0 rings (SSSR count). The van der Waals surface area contributed by atoms with Crippen LogP contribution in [0.25, 0.3) is 0 Å². The summed E-state index contributed by atoms with van der Waals surface area (Å²) in [5.41, 5.74) is 5.32. The number of aliphatic hydroxyl groups is 1. The Hall–Kier alpha value is -0.650. The summed E-state index contributed by atoms with van der Waals surface area (Å²) in [4.78, 5) is 12.5. The highest BCUT2D eigenvalue weighted by Gasteiger charge is 2.21. The Bertz CT molecular complexity index is 164. The van der Waals surface area contributed by atoms with E-state index in [1.807, 2.05) is 0 Å². The molecule has 4 N–H and O–H groups in total. The van der Waals surface area contributed by atoms with E-state index in [4.69, 9.17) is 15.9 Å². The molecule has 0 bridgehead atoms. The summed E-state index contributed by atoms with van der Waals surface area (Å²) in [7, 11) is 1.71. The van der Waals surface area contributed by atoms with Gasteiger partial charge in [0.1, 0.15) is 6.04 Å². The maximum atomic E-state index is 10.9. The fraction of sp³-hybridized carbons (Fsp3) is 0.889. The van der Waals surface area contributed by atoms with Crippen LogP contribution < -0.4 is 5.73 Å². The standard InChI is InChI=1S/C9H20N2O3/c1-11(6-7-12)8(9(13)14)4-2-3-5-10/h8,12H,2-7,10H2,1H3,(H,13,14)/t8-/m0/s1.